The van der Waals surface area contributed by atoms with Crippen LogP contribution in [0.4, 0.5) is 0 Å². The van der Waals surface area contributed by atoms with E-state index in [9.17, 15) is 4.79 Å². The number of hydrogen-bond acceptors (Lipinski definition) is 6. The molecule has 7 heteroatoms. The van der Waals surface area contributed by atoms with E-state index in [0.717, 1.165) is 5.56 Å². The lowest BCUT2D eigenvalue weighted by Crippen LogP contribution is -2.00. The van der Waals surface area contributed by atoms with Gasteiger partial charge in [-0.1, -0.05) is 18.2 Å². The highest BCUT2D eigenvalue weighted by molar-refractivity contribution is 9.10. The van der Waals surface area contributed by atoms with Crippen molar-refractivity contribution in [1.29, 1.82) is 0 Å². The zero-order valence-corrected chi connectivity index (χ0v) is 13.4. The molecule has 6 nitrogen and oxygen atoms in total. The van der Waals surface area contributed by atoms with Crippen LogP contribution in [0.1, 0.15) is 11.7 Å². The van der Waals surface area contributed by atoms with Crippen molar-refractivity contribution in [2.75, 3.05) is 0 Å². The number of ether oxygens (including phenoxy) is 1. The van der Waals surface area contributed by atoms with E-state index in [4.69, 9.17) is 13.6 Å². The summed E-state index contributed by atoms with van der Waals surface area (Å²) in [6.45, 7) is -0.0924. The monoisotopic (exact) mass is 374 g/mol. The Labute approximate surface area is 139 Å². The molecule has 1 aromatic carbocycles. The number of nitrogens with zero attached hydrogens (tertiary/aromatic N) is 2. The van der Waals surface area contributed by atoms with E-state index < -0.39 is 5.97 Å². The average molecular weight is 375 g/mol. The first-order chi connectivity index (χ1) is 11.2. The van der Waals surface area contributed by atoms with Gasteiger partial charge in [-0.05, 0) is 46.3 Å². The minimum Gasteiger partial charge on any atom is -0.452 e. The summed E-state index contributed by atoms with van der Waals surface area (Å²) in [7, 11) is 0. The standard InChI is InChI=1S/C16H11BrN2O4/c17-13-8-6-12(22-13)7-9-15(20)21-10-14-18-19-16(23-14)11-4-2-1-3-5-11/h1-9H,10H2. The Bertz CT molecular complexity index is 823. The predicted octanol–water partition coefficient (Wildman–Crippen LogP) is 3.85. The lowest BCUT2D eigenvalue weighted by molar-refractivity contribution is -0.139. The second-order valence-electron chi connectivity index (χ2n) is 4.45. The Kier molecular flexibility index (Phi) is 4.68. The molecule has 0 radical (unpaired) electrons. The van der Waals surface area contributed by atoms with Crippen molar-refractivity contribution in [2.24, 2.45) is 0 Å². The van der Waals surface area contributed by atoms with Crippen molar-refractivity contribution < 1.29 is 18.4 Å². The summed E-state index contributed by atoms with van der Waals surface area (Å²) in [4.78, 5) is 11.6. The van der Waals surface area contributed by atoms with Gasteiger partial charge in [0.1, 0.15) is 5.76 Å². The van der Waals surface area contributed by atoms with Gasteiger partial charge in [-0.15, -0.1) is 10.2 Å². The summed E-state index contributed by atoms with van der Waals surface area (Å²) >= 11 is 3.18. The summed E-state index contributed by atoms with van der Waals surface area (Å²) in [5.41, 5.74) is 0.806. The highest BCUT2D eigenvalue weighted by Crippen LogP contribution is 2.17. The molecule has 0 atom stereocenters. The third-order valence-electron chi connectivity index (χ3n) is 2.80. The van der Waals surface area contributed by atoms with Crippen LogP contribution in [0.3, 0.4) is 0 Å². The maximum Gasteiger partial charge on any atom is 0.331 e. The Hall–Kier alpha value is -2.67. The Morgan fingerprint density at radius 2 is 1.96 bits per heavy atom. The largest absolute Gasteiger partial charge is 0.452 e. The number of esters is 1. The molecule has 2 heterocycles. The van der Waals surface area contributed by atoms with Crippen molar-refractivity contribution in [2.45, 2.75) is 6.61 Å². The number of carbonyl (C=O) groups excluding carboxylic acids is 1. The van der Waals surface area contributed by atoms with E-state index in [1.54, 1.807) is 12.1 Å². The molecule has 2 aromatic heterocycles. The second kappa shape index (κ2) is 7.06. The maximum absolute atomic E-state index is 11.6. The van der Waals surface area contributed by atoms with Crippen LogP contribution in [0.25, 0.3) is 17.5 Å². The SMILES string of the molecule is O=C(C=Cc1ccc(Br)o1)OCc1nnc(-c2ccccc2)o1. The number of benzene rings is 1. The van der Waals surface area contributed by atoms with Crippen LogP contribution < -0.4 is 0 Å². The zero-order valence-electron chi connectivity index (χ0n) is 11.8. The van der Waals surface area contributed by atoms with Gasteiger partial charge < -0.3 is 13.6 Å². The zero-order chi connectivity index (χ0) is 16.1. The molecule has 3 rings (SSSR count). The van der Waals surface area contributed by atoms with E-state index >= 15 is 0 Å². The van der Waals surface area contributed by atoms with Crippen LogP contribution in [0, 0.1) is 0 Å². The Morgan fingerprint density at radius 3 is 2.70 bits per heavy atom. The summed E-state index contributed by atoms with van der Waals surface area (Å²) in [5.74, 6) is 0.619. The molecular weight excluding hydrogens is 364 g/mol. The molecule has 116 valence electrons. The third-order valence-corrected chi connectivity index (χ3v) is 3.23. The van der Waals surface area contributed by atoms with Gasteiger partial charge >= 0.3 is 5.97 Å². The van der Waals surface area contributed by atoms with Crippen molar-refractivity contribution in [1.82, 2.24) is 10.2 Å². The summed E-state index contributed by atoms with van der Waals surface area (Å²) in [6, 6.07) is 12.8. The van der Waals surface area contributed by atoms with Gasteiger partial charge in [0, 0.05) is 11.6 Å². The van der Waals surface area contributed by atoms with Gasteiger partial charge in [0.05, 0.1) is 0 Å². The van der Waals surface area contributed by atoms with E-state index in [1.165, 1.54) is 12.2 Å². The summed E-state index contributed by atoms with van der Waals surface area (Å²) in [6.07, 6.45) is 2.77. The molecule has 0 aliphatic rings. The molecule has 0 unspecified atom stereocenters. The number of halogens is 1. The minimum absolute atomic E-state index is 0.0924. The second-order valence-corrected chi connectivity index (χ2v) is 5.23. The van der Waals surface area contributed by atoms with Crippen molar-refractivity contribution in [3.05, 3.63) is 64.9 Å². The van der Waals surface area contributed by atoms with Gasteiger partial charge in [0.15, 0.2) is 11.3 Å². The molecule has 0 bridgehead atoms. The first kappa shape index (κ1) is 15.2. The molecule has 0 saturated heterocycles. The first-order valence-electron chi connectivity index (χ1n) is 6.69. The molecule has 0 aliphatic carbocycles. The minimum atomic E-state index is -0.531. The average Bonchev–Trinajstić information content (AvgIpc) is 3.21. The Morgan fingerprint density at radius 1 is 1.13 bits per heavy atom. The van der Waals surface area contributed by atoms with E-state index in [1.807, 2.05) is 30.3 Å². The number of carbonyl (C=O) groups is 1. The van der Waals surface area contributed by atoms with Crippen LogP contribution in [0.15, 0.2) is 62.0 Å². The topological polar surface area (TPSA) is 78.4 Å². The molecule has 0 saturated carbocycles. The van der Waals surface area contributed by atoms with Gasteiger partial charge in [0.25, 0.3) is 5.89 Å². The molecule has 0 N–H and O–H groups in total. The van der Waals surface area contributed by atoms with Gasteiger partial charge in [0.2, 0.25) is 5.89 Å². The van der Waals surface area contributed by atoms with Gasteiger partial charge in [-0.25, -0.2) is 4.79 Å². The van der Waals surface area contributed by atoms with Crippen molar-refractivity contribution >= 4 is 28.0 Å². The lowest BCUT2D eigenvalue weighted by Gasteiger charge is -1.96. The number of aromatic nitrogens is 2. The van der Waals surface area contributed by atoms with Crippen LogP contribution >= 0.6 is 15.9 Å². The van der Waals surface area contributed by atoms with E-state index in [2.05, 4.69) is 26.1 Å². The quantitative estimate of drug-likeness (QED) is 0.498. The maximum atomic E-state index is 11.6. The van der Waals surface area contributed by atoms with Crippen LogP contribution in [-0.4, -0.2) is 16.2 Å². The fourth-order valence-electron chi connectivity index (χ4n) is 1.76. The first-order valence-corrected chi connectivity index (χ1v) is 7.48. The Balaban J connectivity index is 1.55. The highest BCUT2D eigenvalue weighted by atomic mass is 79.9. The molecule has 3 aromatic rings. The fourth-order valence-corrected chi connectivity index (χ4v) is 2.08. The van der Waals surface area contributed by atoms with Gasteiger partial charge in [-0.2, -0.15) is 0 Å². The van der Waals surface area contributed by atoms with Gasteiger partial charge in [-0.3, -0.25) is 0 Å². The van der Waals surface area contributed by atoms with E-state index in [-0.39, 0.29) is 12.5 Å². The van der Waals surface area contributed by atoms with Crippen LogP contribution in [0.5, 0.6) is 0 Å². The fraction of sp³-hybridized carbons (Fsp3) is 0.0625. The van der Waals surface area contributed by atoms with Crippen LogP contribution in [0.2, 0.25) is 0 Å². The van der Waals surface area contributed by atoms with E-state index in [0.29, 0.717) is 16.3 Å². The highest BCUT2D eigenvalue weighted by Gasteiger charge is 2.09. The molecule has 0 amide bonds. The molecule has 0 spiro atoms. The predicted molar refractivity (Wildman–Crippen MR) is 85.0 cm³/mol. The molecule has 23 heavy (non-hydrogen) atoms. The molecular formula is C16H11BrN2O4. The smallest absolute Gasteiger partial charge is 0.331 e. The third kappa shape index (κ3) is 4.17. The number of rotatable bonds is 5. The molecule has 0 aliphatic heterocycles. The van der Waals surface area contributed by atoms with Crippen LogP contribution in [-0.2, 0) is 16.1 Å². The lowest BCUT2D eigenvalue weighted by atomic mass is 10.2. The number of hydrogen-bond donors (Lipinski definition) is 0. The normalized spacial score (nSPS) is 11.0. The summed E-state index contributed by atoms with van der Waals surface area (Å²) < 4.78 is 16.3. The molecule has 0 fully saturated rings. The van der Waals surface area contributed by atoms with Crippen molar-refractivity contribution in [3.8, 4) is 11.5 Å². The summed E-state index contributed by atoms with van der Waals surface area (Å²) in [5, 5.41) is 7.76. The van der Waals surface area contributed by atoms with Crippen molar-refractivity contribution in [3.63, 3.8) is 0 Å². The number of furan rings is 1.